The normalized spacial score (nSPS) is 18.6. The molecule has 0 aromatic heterocycles. The van der Waals surface area contributed by atoms with E-state index in [0.717, 1.165) is 31.2 Å². The predicted octanol–water partition coefficient (Wildman–Crippen LogP) is 4.91. The van der Waals surface area contributed by atoms with Gasteiger partial charge in [0.05, 0.1) is 23.6 Å². The summed E-state index contributed by atoms with van der Waals surface area (Å²) < 4.78 is 5.16. The quantitative estimate of drug-likeness (QED) is 0.469. The van der Waals surface area contributed by atoms with Gasteiger partial charge in [0, 0.05) is 23.7 Å². The molecule has 5 rings (SSSR count). The number of nitrogens with zero attached hydrogens (tertiary/aromatic N) is 3. The standard InChI is InChI=1S/C28H30ClN5O4S/c1-38-23-13-11-18(15-20(23)29)31-25(36)16-39-28-32-21-10-6-5-9-19(21)26-33-27(37)22(34(26)28)12-14-24(35)30-17-7-3-2-4-8-17/h5-6,9-11,13,15,17,22H,2-4,7-8,12,14,16H2,1H3,(H,30,35)(H,31,36). The van der Waals surface area contributed by atoms with Crippen LogP contribution in [-0.2, 0) is 14.4 Å². The number of amidine groups is 2. The van der Waals surface area contributed by atoms with Crippen LogP contribution < -0.4 is 15.4 Å². The van der Waals surface area contributed by atoms with Crippen LogP contribution in [0.5, 0.6) is 5.75 Å². The molecule has 2 aliphatic heterocycles. The van der Waals surface area contributed by atoms with E-state index in [4.69, 9.17) is 21.3 Å². The minimum Gasteiger partial charge on any atom is -0.495 e. The second-order valence-corrected chi connectivity index (χ2v) is 11.0. The van der Waals surface area contributed by atoms with E-state index < -0.39 is 6.04 Å². The zero-order valence-electron chi connectivity index (χ0n) is 21.6. The molecule has 11 heteroatoms. The third kappa shape index (κ3) is 6.28. The van der Waals surface area contributed by atoms with Gasteiger partial charge in [0.15, 0.2) is 5.17 Å². The van der Waals surface area contributed by atoms with E-state index in [1.54, 1.807) is 23.1 Å². The van der Waals surface area contributed by atoms with Crippen LogP contribution in [0.25, 0.3) is 0 Å². The lowest BCUT2D eigenvalue weighted by Gasteiger charge is -2.31. The predicted molar refractivity (Wildman–Crippen MR) is 154 cm³/mol. The lowest BCUT2D eigenvalue weighted by atomic mass is 9.95. The first-order chi connectivity index (χ1) is 18.9. The van der Waals surface area contributed by atoms with Gasteiger partial charge in [-0.15, -0.1) is 0 Å². The molecule has 0 saturated heterocycles. The van der Waals surface area contributed by atoms with E-state index in [0.29, 0.717) is 39.6 Å². The molecule has 3 aliphatic rings. The first kappa shape index (κ1) is 27.2. The molecule has 39 heavy (non-hydrogen) atoms. The molecule has 204 valence electrons. The Morgan fingerprint density at radius 2 is 1.90 bits per heavy atom. The summed E-state index contributed by atoms with van der Waals surface area (Å²) in [7, 11) is 1.52. The van der Waals surface area contributed by atoms with Gasteiger partial charge >= 0.3 is 0 Å². The average Bonchev–Trinajstić information content (AvgIpc) is 3.27. The van der Waals surface area contributed by atoms with Gasteiger partial charge in [0.1, 0.15) is 17.6 Å². The molecule has 9 nitrogen and oxygen atoms in total. The number of amides is 3. The monoisotopic (exact) mass is 567 g/mol. The van der Waals surface area contributed by atoms with E-state index in [-0.39, 0.29) is 35.9 Å². The smallest absolute Gasteiger partial charge is 0.270 e. The number of methoxy groups -OCH3 is 1. The van der Waals surface area contributed by atoms with Gasteiger partial charge in [-0.25, -0.2) is 4.99 Å². The van der Waals surface area contributed by atoms with Crippen LogP contribution in [0.2, 0.25) is 5.02 Å². The van der Waals surface area contributed by atoms with Crippen LogP contribution >= 0.6 is 23.4 Å². The van der Waals surface area contributed by atoms with Crippen molar-refractivity contribution >= 4 is 63.5 Å². The van der Waals surface area contributed by atoms with Crippen LogP contribution in [0.3, 0.4) is 0 Å². The summed E-state index contributed by atoms with van der Waals surface area (Å²) in [4.78, 5) is 49.4. The summed E-state index contributed by atoms with van der Waals surface area (Å²) in [5.41, 5.74) is 1.98. The molecular formula is C28H30ClN5O4S. The lowest BCUT2D eigenvalue weighted by Crippen LogP contribution is -2.44. The summed E-state index contributed by atoms with van der Waals surface area (Å²) in [6, 6.07) is 12.0. The van der Waals surface area contributed by atoms with Crippen molar-refractivity contribution < 1.29 is 19.1 Å². The van der Waals surface area contributed by atoms with Crippen LogP contribution in [0.4, 0.5) is 11.4 Å². The number of nitrogens with one attached hydrogen (secondary N) is 2. The minimum absolute atomic E-state index is 0.0516. The Labute approximate surface area is 236 Å². The van der Waals surface area contributed by atoms with Crippen LogP contribution in [0.1, 0.15) is 50.5 Å². The number of benzene rings is 2. The van der Waals surface area contributed by atoms with Gasteiger partial charge in [0.2, 0.25) is 11.8 Å². The molecule has 1 fully saturated rings. The summed E-state index contributed by atoms with van der Waals surface area (Å²) in [6.07, 6.45) is 6.00. The van der Waals surface area contributed by atoms with Gasteiger partial charge < -0.3 is 15.4 Å². The van der Waals surface area contributed by atoms with Gasteiger partial charge in [-0.1, -0.05) is 54.8 Å². The number of ether oxygens (including phenoxy) is 1. The fourth-order valence-corrected chi connectivity index (χ4v) is 6.17. The highest BCUT2D eigenvalue weighted by Crippen LogP contribution is 2.35. The number of hydrogen-bond acceptors (Lipinski definition) is 7. The van der Waals surface area contributed by atoms with Gasteiger partial charge in [0.25, 0.3) is 5.91 Å². The molecule has 1 unspecified atom stereocenters. The lowest BCUT2D eigenvalue weighted by molar-refractivity contribution is -0.123. The molecular weight excluding hydrogens is 538 g/mol. The number of anilines is 1. The Balaban J connectivity index is 1.27. The van der Waals surface area contributed by atoms with E-state index in [1.807, 2.05) is 24.3 Å². The summed E-state index contributed by atoms with van der Waals surface area (Å²) >= 11 is 7.39. The first-order valence-corrected chi connectivity index (χ1v) is 14.4. The van der Waals surface area contributed by atoms with Crippen molar-refractivity contribution in [2.75, 3.05) is 18.2 Å². The third-order valence-electron chi connectivity index (χ3n) is 6.99. The maximum absolute atomic E-state index is 13.0. The molecule has 3 amide bonds. The number of para-hydroxylation sites is 1. The number of fused-ring (bicyclic) bond motifs is 3. The second-order valence-electron chi connectivity index (χ2n) is 9.70. The number of aliphatic imine (C=N–C) groups is 2. The molecule has 1 atom stereocenters. The van der Waals surface area contributed by atoms with Crippen LogP contribution in [0, 0.1) is 0 Å². The summed E-state index contributed by atoms with van der Waals surface area (Å²) in [6.45, 7) is 0. The highest BCUT2D eigenvalue weighted by Gasteiger charge is 2.41. The highest BCUT2D eigenvalue weighted by atomic mass is 35.5. The number of carbonyl (C=O) groups is 3. The van der Waals surface area contributed by atoms with E-state index >= 15 is 0 Å². The number of carbonyl (C=O) groups excluding carboxylic acids is 3. The van der Waals surface area contributed by atoms with Crippen molar-refractivity contribution in [3.05, 3.63) is 53.1 Å². The first-order valence-electron chi connectivity index (χ1n) is 13.1. The molecule has 0 spiro atoms. The highest BCUT2D eigenvalue weighted by molar-refractivity contribution is 8.14. The fourth-order valence-electron chi connectivity index (χ4n) is 5.06. The largest absolute Gasteiger partial charge is 0.495 e. The Hall–Kier alpha value is -3.37. The Morgan fingerprint density at radius 3 is 2.67 bits per heavy atom. The molecule has 1 aliphatic carbocycles. The van der Waals surface area contributed by atoms with Gasteiger partial charge in [-0.2, -0.15) is 4.99 Å². The molecule has 0 bridgehead atoms. The SMILES string of the molecule is COc1ccc(NC(=O)CSC2=Nc3ccccc3C3=NC(=O)C(CCC(=O)NC4CCCCC4)N23)cc1Cl. The minimum atomic E-state index is -0.653. The number of hydrogen-bond donors (Lipinski definition) is 2. The van der Waals surface area contributed by atoms with Crippen LogP contribution in [0.15, 0.2) is 52.4 Å². The number of rotatable bonds is 8. The Kier molecular flexibility index (Phi) is 8.52. The van der Waals surface area contributed by atoms with E-state index in [1.165, 1.54) is 25.3 Å². The molecule has 2 heterocycles. The third-order valence-corrected chi connectivity index (χ3v) is 8.24. The maximum atomic E-state index is 13.0. The van der Waals surface area contributed by atoms with Crippen molar-refractivity contribution in [3.63, 3.8) is 0 Å². The molecule has 1 saturated carbocycles. The summed E-state index contributed by atoms with van der Waals surface area (Å²) in [5.74, 6) is 0.464. The fraction of sp³-hybridized carbons (Fsp3) is 0.393. The maximum Gasteiger partial charge on any atom is 0.270 e. The zero-order valence-corrected chi connectivity index (χ0v) is 23.2. The Bertz CT molecular complexity index is 1340. The van der Waals surface area contributed by atoms with Crippen molar-refractivity contribution in [2.24, 2.45) is 9.98 Å². The topological polar surface area (TPSA) is 112 Å². The molecule has 0 radical (unpaired) electrons. The number of thioether (sulfide) groups is 1. The number of halogens is 1. The van der Waals surface area contributed by atoms with Crippen LogP contribution in [-0.4, -0.2) is 58.6 Å². The van der Waals surface area contributed by atoms with Crippen molar-refractivity contribution in [1.82, 2.24) is 10.2 Å². The average molecular weight is 568 g/mol. The molecule has 2 aromatic carbocycles. The van der Waals surface area contributed by atoms with Crippen molar-refractivity contribution in [3.8, 4) is 5.75 Å². The second kappa shape index (κ2) is 12.2. The summed E-state index contributed by atoms with van der Waals surface area (Å²) in [5, 5.41) is 6.84. The van der Waals surface area contributed by atoms with Gasteiger partial charge in [-0.3, -0.25) is 19.3 Å². The zero-order chi connectivity index (χ0) is 27.4. The van der Waals surface area contributed by atoms with E-state index in [2.05, 4.69) is 15.6 Å². The van der Waals surface area contributed by atoms with E-state index in [9.17, 15) is 14.4 Å². The van der Waals surface area contributed by atoms with Gasteiger partial charge in [-0.05, 0) is 49.6 Å². The molecule has 2 aromatic rings. The van der Waals surface area contributed by atoms with Crippen molar-refractivity contribution in [1.29, 1.82) is 0 Å². The molecule has 2 N–H and O–H groups in total. The Morgan fingerprint density at radius 1 is 1.10 bits per heavy atom. The van der Waals surface area contributed by atoms with Crippen molar-refractivity contribution in [2.45, 2.75) is 57.0 Å².